The monoisotopic (exact) mass is 287 g/mol. The second-order valence-electron chi connectivity index (χ2n) is 4.79. The van der Waals surface area contributed by atoms with Gasteiger partial charge in [-0.3, -0.25) is 4.98 Å². The second kappa shape index (κ2) is 8.39. The van der Waals surface area contributed by atoms with Gasteiger partial charge in [-0.1, -0.05) is 30.3 Å². The first-order valence-electron chi connectivity index (χ1n) is 7.09. The largest absolute Gasteiger partial charge is 0.466 e. The standard InChI is InChI=1S/C17H21NO3/c1-20-13-21-17-10-9-15(8-5-11-19)18-16(17)12-14-6-3-2-4-7-14/h2-4,6-7,9-10,19H,5,8,11-13H2,1H3. The van der Waals surface area contributed by atoms with Crippen LogP contribution >= 0.6 is 0 Å². The summed E-state index contributed by atoms with van der Waals surface area (Å²) in [5, 5.41) is 8.93. The second-order valence-corrected chi connectivity index (χ2v) is 4.79. The Hall–Kier alpha value is -1.91. The SMILES string of the molecule is COCOc1ccc(CCCO)nc1Cc1ccccc1. The molecule has 0 saturated carbocycles. The van der Waals surface area contributed by atoms with E-state index in [9.17, 15) is 0 Å². The number of nitrogens with zero attached hydrogens (tertiary/aromatic N) is 1. The lowest BCUT2D eigenvalue weighted by molar-refractivity contribution is 0.0501. The quantitative estimate of drug-likeness (QED) is 0.758. The van der Waals surface area contributed by atoms with Crippen molar-refractivity contribution in [3.8, 4) is 5.75 Å². The fourth-order valence-corrected chi connectivity index (χ4v) is 2.10. The van der Waals surface area contributed by atoms with Crippen LogP contribution in [0.15, 0.2) is 42.5 Å². The summed E-state index contributed by atoms with van der Waals surface area (Å²) < 4.78 is 10.5. The number of rotatable bonds is 8. The van der Waals surface area contributed by atoms with Crippen LogP contribution in [-0.2, 0) is 17.6 Å². The molecule has 0 amide bonds. The minimum absolute atomic E-state index is 0.178. The van der Waals surface area contributed by atoms with Crippen LogP contribution in [0, 0.1) is 0 Å². The van der Waals surface area contributed by atoms with Gasteiger partial charge < -0.3 is 14.6 Å². The van der Waals surface area contributed by atoms with Crippen molar-refractivity contribution in [2.75, 3.05) is 20.5 Å². The van der Waals surface area contributed by atoms with E-state index in [1.54, 1.807) is 7.11 Å². The van der Waals surface area contributed by atoms with Crippen molar-refractivity contribution >= 4 is 0 Å². The van der Waals surface area contributed by atoms with Crippen molar-refractivity contribution in [1.82, 2.24) is 4.98 Å². The maximum absolute atomic E-state index is 8.93. The molecule has 112 valence electrons. The zero-order valence-corrected chi connectivity index (χ0v) is 12.3. The Morgan fingerprint density at radius 2 is 1.90 bits per heavy atom. The first-order chi connectivity index (χ1) is 10.3. The molecule has 0 radical (unpaired) electrons. The normalized spacial score (nSPS) is 10.6. The van der Waals surface area contributed by atoms with E-state index < -0.39 is 0 Å². The van der Waals surface area contributed by atoms with E-state index in [2.05, 4.69) is 17.1 Å². The number of aromatic nitrogens is 1. The molecule has 0 aliphatic rings. The van der Waals surface area contributed by atoms with Crippen molar-refractivity contribution in [1.29, 1.82) is 0 Å². The molecule has 0 atom stereocenters. The van der Waals surface area contributed by atoms with E-state index in [4.69, 9.17) is 14.6 Å². The van der Waals surface area contributed by atoms with Gasteiger partial charge in [0.25, 0.3) is 0 Å². The highest BCUT2D eigenvalue weighted by Gasteiger charge is 2.08. The van der Waals surface area contributed by atoms with E-state index >= 15 is 0 Å². The van der Waals surface area contributed by atoms with E-state index in [-0.39, 0.29) is 13.4 Å². The van der Waals surface area contributed by atoms with Gasteiger partial charge in [0.2, 0.25) is 0 Å². The van der Waals surface area contributed by atoms with E-state index in [0.717, 1.165) is 30.0 Å². The Bertz CT molecular complexity index is 543. The predicted octanol–water partition coefficient (Wildman–Crippen LogP) is 2.58. The van der Waals surface area contributed by atoms with E-state index in [1.165, 1.54) is 5.56 Å². The molecule has 0 aliphatic carbocycles. The third-order valence-electron chi connectivity index (χ3n) is 3.13. The van der Waals surface area contributed by atoms with Crippen LogP contribution in [0.4, 0.5) is 0 Å². The highest BCUT2D eigenvalue weighted by atomic mass is 16.7. The number of aryl methyl sites for hydroxylation is 1. The van der Waals surface area contributed by atoms with E-state index in [1.807, 2.05) is 30.3 Å². The molecule has 4 nitrogen and oxygen atoms in total. The summed E-state index contributed by atoms with van der Waals surface area (Å²) in [6.07, 6.45) is 2.20. The van der Waals surface area contributed by atoms with Crippen molar-refractivity contribution in [2.24, 2.45) is 0 Å². The average Bonchev–Trinajstić information content (AvgIpc) is 2.53. The molecule has 21 heavy (non-hydrogen) atoms. The van der Waals surface area contributed by atoms with Crippen LogP contribution in [0.3, 0.4) is 0 Å². The molecule has 1 heterocycles. The molecule has 1 aromatic heterocycles. The molecule has 4 heteroatoms. The Balaban J connectivity index is 2.20. The molecule has 0 saturated heterocycles. The highest BCUT2D eigenvalue weighted by Crippen LogP contribution is 2.21. The summed E-state index contributed by atoms with van der Waals surface area (Å²) in [6.45, 7) is 0.386. The summed E-state index contributed by atoms with van der Waals surface area (Å²) in [5.41, 5.74) is 3.06. The predicted molar refractivity (Wildman–Crippen MR) is 81.4 cm³/mol. The van der Waals surface area contributed by atoms with Gasteiger partial charge >= 0.3 is 0 Å². The highest BCUT2D eigenvalue weighted by molar-refractivity contribution is 5.34. The number of hydrogen-bond acceptors (Lipinski definition) is 4. The molecule has 1 aromatic carbocycles. The number of aliphatic hydroxyl groups is 1. The van der Waals surface area contributed by atoms with Gasteiger partial charge in [-0.2, -0.15) is 0 Å². The molecular formula is C17H21NO3. The first kappa shape index (κ1) is 15.5. The molecule has 0 unspecified atom stereocenters. The number of ether oxygens (including phenoxy) is 2. The van der Waals surface area contributed by atoms with Crippen molar-refractivity contribution in [3.63, 3.8) is 0 Å². The Morgan fingerprint density at radius 1 is 1.10 bits per heavy atom. The number of benzene rings is 1. The maximum Gasteiger partial charge on any atom is 0.188 e. The summed E-state index contributed by atoms with van der Waals surface area (Å²) in [4.78, 5) is 4.67. The summed E-state index contributed by atoms with van der Waals surface area (Å²) in [7, 11) is 1.60. The zero-order valence-electron chi connectivity index (χ0n) is 12.3. The van der Waals surface area contributed by atoms with Crippen molar-refractivity contribution in [3.05, 3.63) is 59.4 Å². The van der Waals surface area contributed by atoms with Gasteiger partial charge in [0.05, 0.1) is 5.69 Å². The summed E-state index contributed by atoms with van der Waals surface area (Å²) >= 11 is 0. The minimum Gasteiger partial charge on any atom is -0.466 e. The molecule has 0 aliphatic heterocycles. The van der Waals surface area contributed by atoms with Crippen molar-refractivity contribution < 1.29 is 14.6 Å². The zero-order chi connectivity index (χ0) is 14.9. The number of pyridine rings is 1. The van der Waals surface area contributed by atoms with Gasteiger partial charge in [-0.25, -0.2) is 0 Å². The Labute approximate surface area is 125 Å². The summed E-state index contributed by atoms with van der Waals surface area (Å²) in [6, 6.07) is 14.0. The maximum atomic E-state index is 8.93. The van der Waals surface area contributed by atoms with Gasteiger partial charge in [0.15, 0.2) is 6.79 Å². The van der Waals surface area contributed by atoms with E-state index in [0.29, 0.717) is 6.42 Å². The fourth-order valence-electron chi connectivity index (χ4n) is 2.10. The lowest BCUT2D eigenvalue weighted by Gasteiger charge is -2.12. The number of hydrogen-bond donors (Lipinski definition) is 1. The van der Waals surface area contributed by atoms with Crippen LogP contribution in [0.25, 0.3) is 0 Å². The van der Waals surface area contributed by atoms with Crippen LogP contribution in [0.1, 0.15) is 23.4 Å². The van der Waals surface area contributed by atoms with Crippen LogP contribution in [0.5, 0.6) is 5.75 Å². The summed E-state index contributed by atoms with van der Waals surface area (Å²) in [5.74, 6) is 0.744. The van der Waals surface area contributed by atoms with Crippen molar-refractivity contribution in [2.45, 2.75) is 19.3 Å². The van der Waals surface area contributed by atoms with Crippen LogP contribution in [-0.4, -0.2) is 30.6 Å². The molecule has 2 rings (SSSR count). The number of aliphatic hydroxyl groups excluding tert-OH is 1. The first-order valence-corrected chi connectivity index (χ1v) is 7.09. The van der Waals surface area contributed by atoms with Gasteiger partial charge in [-0.05, 0) is 30.5 Å². The third kappa shape index (κ3) is 4.85. The molecule has 0 spiro atoms. The van der Waals surface area contributed by atoms with Crippen LogP contribution in [0.2, 0.25) is 0 Å². The molecule has 0 bridgehead atoms. The average molecular weight is 287 g/mol. The Kier molecular flexibility index (Phi) is 6.19. The molecular weight excluding hydrogens is 266 g/mol. The van der Waals surface area contributed by atoms with Gasteiger partial charge in [0.1, 0.15) is 5.75 Å². The third-order valence-corrected chi connectivity index (χ3v) is 3.13. The van der Waals surface area contributed by atoms with Gasteiger partial charge in [0, 0.05) is 25.8 Å². The topological polar surface area (TPSA) is 51.6 Å². The van der Waals surface area contributed by atoms with Gasteiger partial charge in [-0.15, -0.1) is 0 Å². The Morgan fingerprint density at radius 3 is 2.62 bits per heavy atom. The lowest BCUT2D eigenvalue weighted by Crippen LogP contribution is -2.06. The fraction of sp³-hybridized carbons (Fsp3) is 0.353. The smallest absolute Gasteiger partial charge is 0.188 e. The molecule has 0 fully saturated rings. The molecule has 1 N–H and O–H groups in total. The number of methoxy groups -OCH3 is 1. The minimum atomic E-state index is 0.178. The lowest BCUT2D eigenvalue weighted by atomic mass is 10.1. The molecule has 2 aromatic rings. The van der Waals surface area contributed by atoms with Crippen LogP contribution < -0.4 is 4.74 Å².